The third-order valence-corrected chi connectivity index (χ3v) is 2.40. The fraction of sp³-hybridized carbons (Fsp3) is 0.333. The minimum Gasteiger partial charge on any atom is -0.383 e. The molecule has 1 heterocycles. The maximum Gasteiger partial charge on any atom is 0.255 e. The number of carbonyl (C=O) groups excluding carboxylic acids is 1. The Labute approximate surface area is 106 Å². The molecule has 1 aromatic heterocycles. The van der Waals surface area contributed by atoms with Crippen LogP contribution < -0.4 is 0 Å². The number of carbonyl (C=O) groups is 1. The normalized spacial score (nSPS) is 10.0. The van der Waals surface area contributed by atoms with E-state index in [-0.39, 0.29) is 5.91 Å². The maximum absolute atomic E-state index is 12.1. The van der Waals surface area contributed by atoms with Crippen LogP contribution in [0.2, 0.25) is 5.15 Å². The van der Waals surface area contributed by atoms with Crippen molar-refractivity contribution in [3.63, 3.8) is 0 Å². The van der Waals surface area contributed by atoms with Gasteiger partial charge in [0.15, 0.2) is 0 Å². The Hall–Kier alpha value is -1.39. The summed E-state index contributed by atoms with van der Waals surface area (Å²) in [6, 6.07) is 3.25. The van der Waals surface area contributed by atoms with E-state index in [2.05, 4.69) is 11.6 Å². The van der Waals surface area contributed by atoms with E-state index in [1.165, 1.54) is 6.20 Å². The minimum atomic E-state index is -0.105. The molecule has 0 aliphatic carbocycles. The molecule has 1 amide bonds. The molecule has 1 rings (SSSR count). The van der Waals surface area contributed by atoms with E-state index in [9.17, 15) is 4.79 Å². The molecule has 0 aliphatic rings. The van der Waals surface area contributed by atoms with Gasteiger partial charge in [-0.25, -0.2) is 4.98 Å². The molecule has 92 valence electrons. The molecule has 0 saturated carbocycles. The van der Waals surface area contributed by atoms with Crippen molar-refractivity contribution in [1.82, 2.24) is 9.88 Å². The Morgan fingerprint density at radius 1 is 1.65 bits per heavy atom. The quantitative estimate of drug-likeness (QED) is 0.576. The Bertz CT molecular complexity index is 379. The molecule has 0 atom stereocenters. The fourth-order valence-corrected chi connectivity index (χ4v) is 1.43. The average molecular weight is 255 g/mol. The SMILES string of the molecule is C=CCN(CCOC)C(=O)c1ccc(Cl)nc1. The lowest BCUT2D eigenvalue weighted by atomic mass is 10.2. The zero-order chi connectivity index (χ0) is 12.7. The number of rotatable bonds is 6. The van der Waals surface area contributed by atoms with Crippen LogP contribution >= 0.6 is 11.6 Å². The Balaban J connectivity index is 2.75. The summed E-state index contributed by atoms with van der Waals surface area (Å²) in [5.74, 6) is -0.105. The molecule has 0 spiro atoms. The number of hydrogen-bond donors (Lipinski definition) is 0. The van der Waals surface area contributed by atoms with Gasteiger partial charge in [-0.05, 0) is 12.1 Å². The molecule has 1 aromatic rings. The van der Waals surface area contributed by atoms with Gasteiger partial charge in [0.25, 0.3) is 5.91 Å². The number of nitrogens with zero attached hydrogens (tertiary/aromatic N) is 2. The molecule has 5 heteroatoms. The van der Waals surface area contributed by atoms with Crippen LogP contribution in [0.4, 0.5) is 0 Å². The number of aromatic nitrogens is 1. The Morgan fingerprint density at radius 2 is 2.41 bits per heavy atom. The van der Waals surface area contributed by atoms with Crippen molar-refractivity contribution in [3.05, 3.63) is 41.7 Å². The largest absolute Gasteiger partial charge is 0.383 e. The van der Waals surface area contributed by atoms with Crippen molar-refractivity contribution >= 4 is 17.5 Å². The van der Waals surface area contributed by atoms with E-state index in [4.69, 9.17) is 16.3 Å². The van der Waals surface area contributed by atoms with Gasteiger partial charge in [0, 0.05) is 26.4 Å². The predicted molar refractivity (Wildman–Crippen MR) is 67.2 cm³/mol. The summed E-state index contributed by atoms with van der Waals surface area (Å²) in [5, 5.41) is 0.369. The van der Waals surface area contributed by atoms with Gasteiger partial charge in [-0.1, -0.05) is 17.7 Å². The van der Waals surface area contributed by atoms with Crippen molar-refractivity contribution in [3.8, 4) is 0 Å². The van der Waals surface area contributed by atoms with Gasteiger partial charge >= 0.3 is 0 Å². The van der Waals surface area contributed by atoms with Gasteiger partial charge in [-0.15, -0.1) is 6.58 Å². The number of amides is 1. The molecule has 0 saturated heterocycles. The number of methoxy groups -OCH3 is 1. The zero-order valence-electron chi connectivity index (χ0n) is 9.73. The summed E-state index contributed by atoms with van der Waals surface area (Å²) < 4.78 is 4.96. The second-order valence-electron chi connectivity index (χ2n) is 3.40. The monoisotopic (exact) mass is 254 g/mol. The molecule has 0 radical (unpaired) electrons. The van der Waals surface area contributed by atoms with E-state index in [1.807, 2.05) is 0 Å². The van der Waals surface area contributed by atoms with Crippen LogP contribution in [0.25, 0.3) is 0 Å². The number of halogens is 1. The molecule has 4 nitrogen and oxygen atoms in total. The first-order valence-corrected chi connectivity index (χ1v) is 5.57. The maximum atomic E-state index is 12.1. The second kappa shape index (κ2) is 7.04. The predicted octanol–water partition coefficient (Wildman–Crippen LogP) is 2.01. The molecule has 0 N–H and O–H groups in total. The van der Waals surface area contributed by atoms with Crippen molar-refractivity contribution in [2.45, 2.75) is 0 Å². The molecule has 0 bridgehead atoms. The highest BCUT2D eigenvalue weighted by atomic mass is 35.5. The van der Waals surface area contributed by atoms with Crippen LogP contribution in [0.1, 0.15) is 10.4 Å². The summed E-state index contributed by atoms with van der Waals surface area (Å²) in [6.45, 7) is 5.11. The number of pyridine rings is 1. The fourth-order valence-electron chi connectivity index (χ4n) is 1.32. The lowest BCUT2D eigenvalue weighted by molar-refractivity contribution is 0.0718. The van der Waals surface area contributed by atoms with E-state index in [0.717, 1.165) is 0 Å². The summed E-state index contributed by atoms with van der Waals surface area (Å²) in [7, 11) is 1.60. The van der Waals surface area contributed by atoms with Gasteiger partial charge < -0.3 is 9.64 Å². The Kier molecular flexibility index (Phi) is 5.66. The van der Waals surface area contributed by atoms with E-state index >= 15 is 0 Å². The zero-order valence-corrected chi connectivity index (χ0v) is 10.5. The molecule has 0 fully saturated rings. The van der Waals surface area contributed by atoms with Crippen molar-refractivity contribution in [1.29, 1.82) is 0 Å². The first-order chi connectivity index (χ1) is 8.19. The third-order valence-electron chi connectivity index (χ3n) is 2.18. The van der Waals surface area contributed by atoms with E-state index < -0.39 is 0 Å². The summed E-state index contributed by atoms with van der Waals surface area (Å²) >= 11 is 5.67. The lowest BCUT2D eigenvalue weighted by Gasteiger charge is -2.20. The number of ether oxygens (including phenoxy) is 1. The summed E-state index contributed by atoms with van der Waals surface area (Å²) in [5.41, 5.74) is 0.507. The molecular weight excluding hydrogens is 240 g/mol. The first kappa shape index (κ1) is 13.7. The molecule has 0 aromatic carbocycles. The minimum absolute atomic E-state index is 0.105. The van der Waals surface area contributed by atoms with Crippen LogP contribution in [0.3, 0.4) is 0 Å². The molecule has 0 unspecified atom stereocenters. The first-order valence-electron chi connectivity index (χ1n) is 5.19. The third kappa shape index (κ3) is 4.17. The van der Waals surface area contributed by atoms with Crippen LogP contribution in [0.5, 0.6) is 0 Å². The standard InChI is InChI=1S/C12H15ClN2O2/c1-3-6-15(7-8-17-2)12(16)10-4-5-11(13)14-9-10/h3-5,9H,1,6-8H2,2H3. The van der Waals surface area contributed by atoms with Crippen molar-refractivity contribution < 1.29 is 9.53 Å². The van der Waals surface area contributed by atoms with Gasteiger partial charge in [-0.3, -0.25) is 4.79 Å². The molecule has 0 aliphatic heterocycles. The smallest absolute Gasteiger partial charge is 0.255 e. The van der Waals surface area contributed by atoms with Crippen molar-refractivity contribution in [2.75, 3.05) is 26.8 Å². The molecular formula is C12H15ClN2O2. The Morgan fingerprint density at radius 3 is 2.94 bits per heavy atom. The van der Waals surface area contributed by atoms with Gasteiger partial charge in [0.05, 0.1) is 12.2 Å². The average Bonchev–Trinajstić information content (AvgIpc) is 2.34. The number of hydrogen-bond acceptors (Lipinski definition) is 3. The highest BCUT2D eigenvalue weighted by Crippen LogP contribution is 2.08. The summed E-state index contributed by atoms with van der Waals surface area (Å²) in [4.78, 5) is 17.6. The van der Waals surface area contributed by atoms with E-state index in [0.29, 0.717) is 30.4 Å². The lowest BCUT2D eigenvalue weighted by Crippen LogP contribution is -2.34. The van der Waals surface area contributed by atoms with Crippen LogP contribution in [0.15, 0.2) is 31.0 Å². The van der Waals surface area contributed by atoms with Crippen LogP contribution in [0, 0.1) is 0 Å². The van der Waals surface area contributed by atoms with Gasteiger partial charge in [0.1, 0.15) is 5.15 Å². The van der Waals surface area contributed by atoms with Crippen LogP contribution in [-0.4, -0.2) is 42.6 Å². The van der Waals surface area contributed by atoms with E-state index in [1.54, 1.807) is 30.2 Å². The summed E-state index contributed by atoms with van der Waals surface area (Å²) in [6.07, 6.45) is 3.14. The highest BCUT2D eigenvalue weighted by Gasteiger charge is 2.14. The molecule has 17 heavy (non-hydrogen) atoms. The second-order valence-corrected chi connectivity index (χ2v) is 3.79. The van der Waals surface area contributed by atoms with Crippen LogP contribution in [-0.2, 0) is 4.74 Å². The highest BCUT2D eigenvalue weighted by molar-refractivity contribution is 6.29. The van der Waals surface area contributed by atoms with Gasteiger partial charge in [-0.2, -0.15) is 0 Å². The van der Waals surface area contributed by atoms with Gasteiger partial charge in [0.2, 0.25) is 0 Å². The van der Waals surface area contributed by atoms with Crippen molar-refractivity contribution in [2.24, 2.45) is 0 Å². The topological polar surface area (TPSA) is 42.4 Å².